The van der Waals surface area contributed by atoms with Crippen LogP contribution in [-0.2, 0) is 0 Å². The first kappa shape index (κ1) is 47.4. The molecule has 2 aliphatic heterocycles. The second kappa shape index (κ2) is 21.4. The van der Waals surface area contributed by atoms with Crippen molar-refractivity contribution in [3.63, 3.8) is 0 Å². The standard InChI is InChI=1S/C56H48N8O4S4/c65-53-45-13-9-41-43-11-15-47-52-48(56(68)64(55(47)67)28-26-62(23-19-59-35-39-7-3-31-71-39)24-20-60-36-40-8-4-32-72-40)16-12-44(50(43)52)42-10-14-46(51(45)49(41)42)54(66)63(53)27-25-61(21-17-57-33-37-5-1-29-69-37)22-18-58-34-38-6-2-30-70-38/h1-16,29-36H,17-28H2. The van der Waals surface area contributed by atoms with Gasteiger partial charge >= 0.3 is 0 Å². The Morgan fingerprint density at radius 2 is 0.639 bits per heavy atom. The summed E-state index contributed by atoms with van der Waals surface area (Å²) in [4.78, 5) is 88.0. The van der Waals surface area contributed by atoms with E-state index in [1.54, 1.807) is 45.3 Å². The molecule has 0 fully saturated rings. The molecule has 0 spiro atoms. The van der Waals surface area contributed by atoms with E-state index in [9.17, 15) is 19.2 Å². The first-order valence-corrected chi connectivity index (χ1v) is 27.4. The summed E-state index contributed by atoms with van der Waals surface area (Å²) in [6.45, 7) is 6.23. The van der Waals surface area contributed by atoms with Gasteiger partial charge in [-0.25, -0.2) is 0 Å². The van der Waals surface area contributed by atoms with Gasteiger partial charge in [0.2, 0.25) is 0 Å². The minimum absolute atomic E-state index is 0.214. The molecule has 4 amide bonds. The summed E-state index contributed by atoms with van der Waals surface area (Å²) < 4.78 is 0. The highest BCUT2D eigenvalue weighted by Crippen LogP contribution is 2.46. The minimum atomic E-state index is -0.328. The molecule has 12 nitrogen and oxygen atoms in total. The molecule has 0 atom stereocenters. The third-order valence-corrected chi connectivity index (χ3v) is 16.5. The van der Waals surface area contributed by atoms with Crippen molar-refractivity contribution >= 4 is 137 Å². The summed E-state index contributed by atoms with van der Waals surface area (Å²) >= 11 is 6.55. The number of fused-ring (bicyclic) bond motifs is 2. The van der Waals surface area contributed by atoms with Crippen LogP contribution in [0.5, 0.6) is 0 Å². The van der Waals surface area contributed by atoms with Crippen molar-refractivity contribution in [2.45, 2.75) is 0 Å². The van der Waals surface area contributed by atoms with Crippen molar-refractivity contribution in [2.24, 2.45) is 20.0 Å². The monoisotopic (exact) mass is 1020 g/mol. The van der Waals surface area contributed by atoms with Crippen LogP contribution in [0.3, 0.4) is 0 Å². The molecule has 0 aliphatic carbocycles. The summed E-state index contributed by atoms with van der Waals surface area (Å²) in [7, 11) is 0. The summed E-state index contributed by atoms with van der Waals surface area (Å²) in [5, 5.41) is 14.4. The van der Waals surface area contributed by atoms with E-state index in [1.807, 2.05) is 143 Å². The SMILES string of the molecule is O=C1c2ccc3c4ccc5c6c(ccc(c7ccc(c2c37)C(=O)N1CCN(CCN=Cc1cccs1)CCN=Cc1cccs1)c64)C(=O)N(CCN(CCN=Cc1cccs1)CCN=Cc1cccs1)C5=O. The molecule has 16 heteroatoms. The Kier molecular flexibility index (Phi) is 14.1. The van der Waals surface area contributed by atoms with Crippen molar-refractivity contribution in [3.8, 4) is 0 Å². The molecule has 11 rings (SSSR count). The Bertz CT molecular complexity index is 3100. The lowest BCUT2D eigenvalue weighted by Gasteiger charge is -2.31. The van der Waals surface area contributed by atoms with E-state index in [4.69, 9.17) is 0 Å². The summed E-state index contributed by atoms with van der Waals surface area (Å²) in [6.07, 6.45) is 7.55. The van der Waals surface area contributed by atoms with Gasteiger partial charge in [-0.2, -0.15) is 0 Å². The highest BCUT2D eigenvalue weighted by molar-refractivity contribution is 7.12. The number of rotatable bonds is 22. The Morgan fingerprint density at radius 3 is 0.889 bits per heavy atom. The van der Waals surface area contributed by atoms with Gasteiger partial charge in [0.25, 0.3) is 23.6 Å². The van der Waals surface area contributed by atoms with E-state index in [1.165, 1.54) is 9.80 Å². The smallest absolute Gasteiger partial charge is 0.261 e. The van der Waals surface area contributed by atoms with Gasteiger partial charge in [0, 0.05) is 130 Å². The van der Waals surface area contributed by atoms with E-state index in [0.717, 1.165) is 51.8 Å². The highest BCUT2D eigenvalue weighted by Gasteiger charge is 2.37. The Balaban J connectivity index is 0.832. The molecule has 0 saturated heterocycles. The normalized spacial score (nSPS) is 14.3. The molecule has 0 radical (unpaired) electrons. The van der Waals surface area contributed by atoms with E-state index < -0.39 is 0 Å². The molecule has 0 unspecified atom stereocenters. The van der Waals surface area contributed by atoms with Gasteiger partial charge in [0.05, 0.1) is 26.2 Å². The molecular formula is C56H48N8O4S4. The summed E-state index contributed by atoms with van der Waals surface area (Å²) in [6, 6.07) is 31.3. The van der Waals surface area contributed by atoms with Crippen molar-refractivity contribution in [2.75, 3.05) is 78.5 Å². The van der Waals surface area contributed by atoms with E-state index in [0.29, 0.717) is 98.5 Å². The average molecular weight is 1030 g/mol. The van der Waals surface area contributed by atoms with E-state index >= 15 is 0 Å². The maximum Gasteiger partial charge on any atom is 0.261 e. The number of imide groups is 2. The second-order valence-corrected chi connectivity index (χ2v) is 21.5. The molecule has 0 saturated carbocycles. The van der Waals surface area contributed by atoms with Crippen LogP contribution >= 0.6 is 45.3 Å². The molecule has 0 N–H and O–H groups in total. The zero-order chi connectivity index (χ0) is 49.0. The predicted octanol–water partition coefficient (Wildman–Crippen LogP) is 10.3. The lowest BCUT2D eigenvalue weighted by Crippen LogP contribution is -2.45. The summed E-state index contributed by atoms with van der Waals surface area (Å²) in [5.74, 6) is -1.31. The van der Waals surface area contributed by atoms with Crippen molar-refractivity contribution in [3.05, 3.63) is 160 Å². The van der Waals surface area contributed by atoms with Gasteiger partial charge in [0.1, 0.15) is 0 Å². The van der Waals surface area contributed by atoms with Crippen molar-refractivity contribution in [1.29, 1.82) is 0 Å². The van der Waals surface area contributed by atoms with Gasteiger partial charge in [-0.05, 0) is 102 Å². The molecule has 2 aliphatic rings. The number of amides is 4. The minimum Gasteiger partial charge on any atom is -0.298 e. The van der Waals surface area contributed by atoms with Crippen LogP contribution < -0.4 is 0 Å². The number of benzene rings is 5. The van der Waals surface area contributed by atoms with Gasteiger partial charge in [-0.15, -0.1) is 45.3 Å². The number of nitrogens with zero attached hydrogens (tertiary/aromatic N) is 8. The van der Waals surface area contributed by atoms with Crippen LogP contribution in [0.1, 0.15) is 60.9 Å². The fraction of sp³-hybridized carbons (Fsp3) is 0.214. The van der Waals surface area contributed by atoms with E-state index in [2.05, 4.69) is 29.8 Å². The van der Waals surface area contributed by atoms with Crippen molar-refractivity contribution < 1.29 is 19.2 Å². The molecule has 4 aromatic heterocycles. The van der Waals surface area contributed by atoms with Crippen LogP contribution in [-0.4, -0.2) is 147 Å². The van der Waals surface area contributed by atoms with Crippen LogP contribution in [0.4, 0.5) is 0 Å². The number of hydrogen-bond donors (Lipinski definition) is 0. The number of hydrogen-bond acceptors (Lipinski definition) is 14. The Hall–Kier alpha value is -6.92. The van der Waals surface area contributed by atoms with Gasteiger partial charge in [0.15, 0.2) is 0 Å². The molecule has 360 valence electrons. The maximum absolute atomic E-state index is 14.5. The molecular weight excluding hydrogens is 977 g/mol. The van der Waals surface area contributed by atoms with Gasteiger partial charge < -0.3 is 0 Å². The van der Waals surface area contributed by atoms with Crippen LogP contribution in [0.25, 0.3) is 43.1 Å². The summed E-state index contributed by atoms with van der Waals surface area (Å²) in [5.41, 5.74) is 1.91. The zero-order valence-electron chi connectivity index (χ0n) is 39.2. The largest absolute Gasteiger partial charge is 0.298 e. The fourth-order valence-electron chi connectivity index (χ4n) is 9.80. The number of carbonyl (C=O) groups is 4. The third kappa shape index (κ3) is 9.61. The van der Waals surface area contributed by atoms with Crippen molar-refractivity contribution in [1.82, 2.24) is 19.6 Å². The average Bonchev–Trinajstić information content (AvgIpc) is 4.28. The first-order valence-electron chi connectivity index (χ1n) is 23.9. The van der Waals surface area contributed by atoms with Crippen LogP contribution in [0, 0.1) is 0 Å². The number of carbonyl (C=O) groups excluding carboxylic acids is 4. The second-order valence-electron chi connectivity index (χ2n) is 17.6. The number of aliphatic imine (C=N–C) groups is 4. The molecule has 72 heavy (non-hydrogen) atoms. The molecule has 9 aromatic rings. The molecule has 6 heterocycles. The molecule has 5 aromatic carbocycles. The quantitative estimate of drug-likeness (QED) is 0.0288. The maximum atomic E-state index is 14.5. The topological polar surface area (TPSA) is 131 Å². The predicted molar refractivity (Wildman–Crippen MR) is 298 cm³/mol. The van der Waals surface area contributed by atoms with Crippen LogP contribution in [0.15, 0.2) is 139 Å². The fourth-order valence-corrected chi connectivity index (χ4v) is 12.2. The zero-order valence-corrected chi connectivity index (χ0v) is 42.5. The van der Waals surface area contributed by atoms with E-state index in [-0.39, 0.29) is 36.7 Å². The van der Waals surface area contributed by atoms with Gasteiger partial charge in [-0.3, -0.25) is 58.7 Å². The Labute approximate surface area is 431 Å². The molecule has 0 bridgehead atoms. The van der Waals surface area contributed by atoms with Crippen LogP contribution in [0.2, 0.25) is 0 Å². The lowest BCUT2D eigenvalue weighted by molar-refractivity contribution is 0.0578. The lowest BCUT2D eigenvalue weighted by atomic mass is 9.82. The van der Waals surface area contributed by atoms with Gasteiger partial charge in [-0.1, -0.05) is 48.5 Å². The third-order valence-electron chi connectivity index (χ3n) is 13.3. The highest BCUT2D eigenvalue weighted by atomic mass is 32.1. The number of thiophene rings is 4. The first-order chi connectivity index (χ1) is 35.4. The Morgan fingerprint density at radius 1 is 0.361 bits per heavy atom.